The number of aromatic nitrogens is 2. The molecule has 0 aromatic carbocycles. The highest BCUT2D eigenvalue weighted by atomic mass is 16.3. The van der Waals surface area contributed by atoms with E-state index in [1.807, 2.05) is 0 Å². The van der Waals surface area contributed by atoms with Gasteiger partial charge in [-0.2, -0.15) is 0 Å². The SMILES string of the molecule is Nc1[nH]c(=O)ncc1[C@H]1C[C@H](CO)CC[C@@H]1O. The zero-order valence-electron chi connectivity index (χ0n) is 9.47. The summed E-state index contributed by atoms with van der Waals surface area (Å²) >= 11 is 0. The van der Waals surface area contributed by atoms with Crippen LogP contribution in [0.3, 0.4) is 0 Å². The smallest absolute Gasteiger partial charge is 0.346 e. The van der Waals surface area contributed by atoms with Crippen LogP contribution in [0.15, 0.2) is 11.0 Å². The van der Waals surface area contributed by atoms with Gasteiger partial charge in [-0.15, -0.1) is 0 Å². The van der Waals surface area contributed by atoms with Gasteiger partial charge in [-0.05, 0) is 25.2 Å². The average molecular weight is 239 g/mol. The molecule has 5 N–H and O–H groups in total. The Balaban J connectivity index is 2.27. The Morgan fingerprint density at radius 1 is 1.53 bits per heavy atom. The second-order valence-corrected chi connectivity index (χ2v) is 4.59. The molecule has 17 heavy (non-hydrogen) atoms. The molecule has 3 atom stereocenters. The van der Waals surface area contributed by atoms with E-state index in [0.29, 0.717) is 18.4 Å². The molecular weight excluding hydrogens is 222 g/mol. The second-order valence-electron chi connectivity index (χ2n) is 4.59. The van der Waals surface area contributed by atoms with E-state index >= 15 is 0 Å². The molecule has 0 bridgehead atoms. The van der Waals surface area contributed by atoms with Crippen LogP contribution in [0.4, 0.5) is 5.82 Å². The molecule has 1 aliphatic rings. The summed E-state index contributed by atoms with van der Waals surface area (Å²) in [6, 6.07) is 0. The number of hydrogen-bond donors (Lipinski definition) is 4. The van der Waals surface area contributed by atoms with Crippen molar-refractivity contribution >= 4 is 5.82 Å². The minimum Gasteiger partial charge on any atom is -0.396 e. The topological polar surface area (TPSA) is 112 Å². The van der Waals surface area contributed by atoms with E-state index in [1.165, 1.54) is 6.20 Å². The molecule has 0 aliphatic heterocycles. The van der Waals surface area contributed by atoms with E-state index in [-0.39, 0.29) is 24.3 Å². The van der Waals surface area contributed by atoms with Crippen molar-refractivity contribution in [3.05, 3.63) is 22.2 Å². The van der Waals surface area contributed by atoms with Crippen LogP contribution in [-0.4, -0.2) is 32.9 Å². The zero-order valence-corrected chi connectivity index (χ0v) is 9.47. The molecule has 6 nitrogen and oxygen atoms in total. The summed E-state index contributed by atoms with van der Waals surface area (Å²) in [5.74, 6) is 0.271. The van der Waals surface area contributed by atoms with Crippen LogP contribution in [0.1, 0.15) is 30.7 Å². The molecule has 1 aromatic heterocycles. The van der Waals surface area contributed by atoms with Crippen molar-refractivity contribution in [2.45, 2.75) is 31.3 Å². The van der Waals surface area contributed by atoms with Gasteiger partial charge in [0.2, 0.25) is 0 Å². The summed E-state index contributed by atoms with van der Waals surface area (Å²) in [5, 5.41) is 19.1. The number of rotatable bonds is 2. The third kappa shape index (κ3) is 2.48. The maximum Gasteiger partial charge on any atom is 0.346 e. The molecule has 1 aromatic rings. The van der Waals surface area contributed by atoms with E-state index < -0.39 is 11.8 Å². The molecule has 0 radical (unpaired) electrons. The van der Waals surface area contributed by atoms with E-state index in [4.69, 9.17) is 10.8 Å². The quantitative estimate of drug-likeness (QED) is 0.560. The Kier molecular flexibility index (Phi) is 3.44. The number of H-pyrrole nitrogens is 1. The number of nitrogen functional groups attached to an aromatic ring is 1. The van der Waals surface area contributed by atoms with Gasteiger partial charge in [0.25, 0.3) is 0 Å². The van der Waals surface area contributed by atoms with Gasteiger partial charge in [0, 0.05) is 24.3 Å². The van der Waals surface area contributed by atoms with Gasteiger partial charge in [0.1, 0.15) is 5.82 Å². The summed E-state index contributed by atoms with van der Waals surface area (Å²) in [5.41, 5.74) is 5.90. The van der Waals surface area contributed by atoms with Crippen LogP contribution in [0, 0.1) is 5.92 Å². The van der Waals surface area contributed by atoms with Crippen molar-refractivity contribution in [1.82, 2.24) is 9.97 Å². The van der Waals surface area contributed by atoms with Gasteiger partial charge in [-0.3, -0.25) is 4.98 Å². The number of aliphatic hydroxyl groups is 2. The number of aliphatic hydroxyl groups excluding tert-OH is 2. The molecule has 0 saturated heterocycles. The molecular formula is C11H17N3O3. The Bertz CT molecular complexity index is 446. The van der Waals surface area contributed by atoms with Crippen molar-refractivity contribution in [2.75, 3.05) is 12.3 Å². The van der Waals surface area contributed by atoms with Crippen LogP contribution in [0.25, 0.3) is 0 Å². The van der Waals surface area contributed by atoms with Gasteiger partial charge in [-0.1, -0.05) is 0 Å². The van der Waals surface area contributed by atoms with Crippen molar-refractivity contribution in [3.8, 4) is 0 Å². The number of aromatic amines is 1. The summed E-state index contributed by atoms with van der Waals surface area (Å²) in [6.45, 7) is 0.111. The van der Waals surface area contributed by atoms with Gasteiger partial charge in [0.15, 0.2) is 0 Å². The highest BCUT2D eigenvalue weighted by Gasteiger charge is 2.31. The van der Waals surface area contributed by atoms with Crippen molar-refractivity contribution < 1.29 is 10.2 Å². The fourth-order valence-corrected chi connectivity index (χ4v) is 2.45. The fraction of sp³-hybridized carbons (Fsp3) is 0.636. The molecule has 94 valence electrons. The molecule has 0 amide bonds. The Morgan fingerprint density at radius 2 is 2.29 bits per heavy atom. The summed E-state index contributed by atoms with van der Waals surface area (Å²) in [6.07, 6.45) is 3.03. The third-order valence-electron chi connectivity index (χ3n) is 3.45. The third-order valence-corrected chi connectivity index (χ3v) is 3.45. The van der Waals surface area contributed by atoms with Crippen LogP contribution in [0.5, 0.6) is 0 Å². The maximum absolute atomic E-state index is 11.0. The predicted molar refractivity (Wildman–Crippen MR) is 62.4 cm³/mol. The Hall–Kier alpha value is -1.40. The Morgan fingerprint density at radius 3 is 2.94 bits per heavy atom. The number of nitrogens with two attached hydrogens (primary N) is 1. The summed E-state index contributed by atoms with van der Waals surface area (Å²) in [4.78, 5) is 17.0. The van der Waals surface area contributed by atoms with Crippen molar-refractivity contribution in [3.63, 3.8) is 0 Å². The largest absolute Gasteiger partial charge is 0.396 e. The van der Waals surface area contributed by atoms with Crippen LogP contribution in [0.2, 0.25) is 0 Å². The first-order valence-corrected chi connectivity index (χ1v) is 5.75. The predicted octanol–water partition coefficient (Wildman–Crippen LogP) is -0.411. The highest BCUT2D eigenvalue weighted by molar-refractivity contribution is 5.40. The van der Waals surface area contributed by atoms with E-state index in [1.54, 1.807) is 0 Å². The second kappa shape index (κ2) is 4.85. The molecule has 1 fully saturated rings. The fourth-order valence-electron chi connectivity index (χ4n) is 2.45. The molecule has 1 saturated carbocycles. The first-order valence-electron chi connectivity index (χ1n) is 5.75. The zero-order chi connectivity index (χ0) is 12.4. The van der Waals surface area contributed by atoms with E-state index in [0.717, 1.165) is 6.42 Å². The van der Waals surface area contributed by atoms with Crippen LogP contribution in [-0.2, 0) is 0 Å². The lowest BCUT2D eigenvalue weighted by Crippen LogP contribution is -2.30. The monoisotopic (exact) mass is 239 g/mol. The maximum atomic E-state index is 11.0. The molecule has 2 rings (SSSR count). The van der Waals surface area contributed by atoms with Crippen molar-refractivity contribution in [2.24, 2.45) is 5.92 Å². The summed E-state index contributed by atoms with van der Waals surface area (Å²) < 4.78 is 0. The van der Waals surface area contributed by atoms with E-state index in [9.17, 15) is 9.90 Å². The highest BCUT2D eigenvalue weighted by Crippen LogP contribution is 2.37. The normalized spacial score (nSPS) is 29.2. The van der Waals surface area contributed by atoms with Gasteiger partial charge >= 0.3 is 5.69 Å². The number of nitrogens with zero attached hydrogens (tertiary/aromatic N) is 1. The number of anilines is 1. The minimum atomic E-state index is -0.493. The van der Waals surface area contributed by atoms with E-state index in [2.05, 4.69) is 9.97 Å². The van der Waals surface area contributed by atoms with Gasteiger partial charge < -0.3 is 15.9 Å². The lowest BCUT2D eigenvalue weighted by atomic mass is 9.77. The van der Waals surface area contributed by atoms with Crippen LogP contribution < -0.4 is 11.4 Å². The Labute approximate surface area is 98.5 Å². The molecule has 0 unspecified atom stereocenters. The van der Waals surface area contributed by atoms with Gasteiger partial charge in [-0.25, -0.2) is 9.78 Å². The number of nitrogens with one attached hydrogen (secondary N) is 1. The standard InChI is InChI=1S/C11H17N3O3/c12-10-8(4-13-11(17)14-10)7-3-6(5-15)1-2-9(7)16/h4,6-7,9,15-16H,1-3,5H2,(H3,12,13,14,17)/t6-,7-,9+/m1/s1. The molecule has 6 heteroatoms. The lowest BCUT2D eigenvalue weighted by Gasteiger charge is -2.32. The molecule has 1 aliphatic carbocycles. The first kappa shape index (κ1) is 12.1. The molecule has 0 spiro atoms. The minimum absolute atomic E-state index is 0.111. The first-order chi connectivity index (χ1) is 8.11. The van der Waals surface area contributed by atoms with Crippen LogP contribution >= 0.6 is 0 Å². The van der Waals surface area contributed by atoms with Gasteiger partial charge in [0.05, 0.1) is 6.10 Å². The lowest BCUT2D eigenvalue weighted by molar-refractivity contribution is 0.0657. The van der Waals surface area contributed by atoms with Crippen molar-refractivity contribution in [1.29, 1.82) is 0 Å². The molecule has 1 heterocycles. The summed E-state index contributed by atoms with van der Waals surface area (Å²) in [7, 11) is 0. The average Bonchev–Trinajstić information content (AvgIpc) is 2.30. The number of hydrogen-bond acceptors (Lipinski definition) is 5.